The molecular formula is C22H36N2O6. The molecule has 8 nitrogen and oxygen atoms in total. The fourth-order valence-electron chi connectivity index (χ4n) is 1.91. The average Bonchev–Trinajstić information content (AvgIpc) is 2.92. The Hall–Kier alpha value is -3.03. The van der Waals surface area contributed by atoms with Gasteiger partial charge in [0.05, 0.1) is 10.8 Å². The van der Waals surface area contributed by atoms with Crippen LogP contribution in [-0.4, -0.2) is 34.2 Å². The normalized spacial score (nSPS) is 11.7. The summed E-state index contributed by atoms with van der Waals surface area (Å²) in [7, 11) is 0. The van der Waals surface area contributed by atoms with E-state index in [4.69, 9.17) is 4.74 Å². The number of nitro benzene ring substituents is 1. The van der Waals surface area contributed by atoms with E-state index in [0.29, 0.717) is 18.2 Å². The van der Waals surface area contributed by atoms with Crippen molar-refractivity contribution in [2.45, 2.75) is 56.4 Å². The molecule has 2 rings (SSSR count). The van der Waals surface area contributed by atoms with Gasteiger partial charge in [0, 0.05) is 30.8 Å². The Morgan fingerprint density at radius 2 is 1.47 bits per heavy atom. The fourth-order valence-corrected chi connectivity index (χ4v) is 1.91. The number of non-ortho nitro benzene ring substituents is 1. The molecule has 30 heavy (non-hydrogen) atoms. The van der Waals surface area contributed by atoms with E-state index in [-0.39, 0.29) is 51.7 Å². The van der Waals surface area contributed by atoms with Crippen molar-refractivity contribution in [3.63, 3.8) is 0 Å². The van der Waals surface area contributed by atoms with Gasteiger partial charge < -0.3 is 4.74 Å². The zero-order valence-electron chi connectivity index (χ0n) is 15.9. The summed E-state index contributed by atoms with van der Waals surface area (Å²) in [6.45, 7) is 8.11. The molecule has 0 N–H and O–H groups in total. The van der Waals surface area contributed by atoms with Crippen molar-refractivity contribution in [1.29, 1.82) is 0 Å². The highest BCUT2D eigenvalue weighted by atomic mass is 16.6. The molecule has 1 aromatic carbocycles. The molecule has 0 bridgehead atoms. The van der Waals surface area contributed by atoms with Crippen molar-refractivity contribution in [2.75, 3.05) is 6.54 Å². The largest absolute Gasteiger partial charge is 0.426 e. The number of esters is 1. The van der Waals surface area contributed by atoms with E-state index < -0.39 is 4.92 Å². The first-order valence-electron chi connectivity index (χ1n) is 8.61. The van der Waals surface area contributed by atoms with Crippen molar-refractivity contribution in [3.05, 3.63) is 46.5 Å². The third-order valence-electron chi connectivity index (χ3n) is 3.57. The molecule has 1 aromatic rings. The minimum Gasteiger partial charge on any atom is -0.426 e. The summed E-state index contributed by atoms with van der Waals surface area (Å²) in [5.41, 5.74) is -0.0284. The number of hydrogen-bond acceptors (Lipinski definition) is 6. The van der Waals surface area contributed by atoms with Crippen LogP contribution in [0, 0.1) is 22.0 Å². The maximum atomic E-state index is 11.2. The van der Waals surface area contributed by atoms with Gasteiger partial charge in [-0.1, -0.05) is 50.0 Å². The van der Waals surface area contributed by atoms with Crippen molar-refractivity contribution >= 4 is 23.5 Å². The van der Waals surface area contributed by atoms with E-state index in [1.165, 1.54) is 41.3 Å². The lowest BCUT2D eigenvalue weighted by Gasteiger charge is -2.14. The number of benzene rings is 1. The Morgan fingerprint density at radius 3 is 1.83 bits per heavy atom. The number of hydrogen-bond donors (Lipinski definition) is 0. The SMILES string of the molecule is C.C.C.CC(C)C(=O)Oc1ccc([N+](=O)[O-])cc1.CC(C)CCN1C(=O)C=CC1=O. The van der Waals surface area contributed by atoms with Crippen LogP contribution in [0.4, 0.5) is 5.69 Å². The van der Waals surface area contributed by atoms with Crippen LogP contribution in [0.5, 0.6) is 5.75 Å². The zero-order chi connectivity index (χ0) is 20.6. The number of nitro groups is 1. The van der Waals surface area contributed by atoms with Gasteiger partial charge in [-0.25, -0.2) is 0 Å². The summed E-state index contributed by atoms with van der Waals surface area (Å²) >= 11 is 0. The first-order valence-corrected chi connectivity index (χ1v) is 8.61. The summed E-state index contributed by atoms with van der Waals surface area (Å²) in [6, 6.07) is 5.39. The summed E-state index contributed by atoms with van der Waals surface area (Å²) in [5, 5.41) is 10.3. The average molecular weight is 425 g/mol. The first-order chi connectivity index (χ1) is 12.6. The third kappa shape index (κ3) is 10.5. The second-order valence-electron chi connectivity index (χ2n) is 6.67. The van der Waals surface area contributed by atoms with Gasteiger partial charge in [0.2, 0.25) is 0 Å². The molecule has 170 valence electrons. The lowest BCUT2D eigenvalue weighted by Crippen LogP contribution is -2.31. The monoisotopic (exact) mass is 424 g/mol. The van der Waals surface area contributed by atoms with Crippen LogP contribution in [-0.2, 0) is 14.4 Å². The molecule has 0 saturated heterocycles. The number of imide groups is 1. The molecule has 0 spiro atoms. The zero-order valence-corrected chi connectivity index (χ0v) is 15.9. The highest BCUT2D eigenvalue weighted by Gasteiger charge is 2.22. The van der Waals surface area contributed by atoms with Crippen LogP contribution in [0.25, 0.3) is 0 Å². The van der Waals surface area contributed by atoms with E-state index in [9.17, 15) is 24.5 Å². The van der Waals surface area contributed by atoms with Crippen molar-refractivity contribution in [2.24, 2.45) is 11.8 Å². The number of carbonyl (C=O) groups is 3. The van der Waals surface area contributed by atoms with Gasteiger partial charge in [0.1, 0.15) is 5.75 Å². The van der Waals surface area contributed by atoms with Gasteiger partial charge in [0.25, 0.3) is 17.5 Å². The fraction of sp³-hybridized carbons (Fsp3) is 0.500. The number of rotatable bonds is 6. The Balaban J connectivity index is -0.000000450. The maximum absolute atomic E-state index is 11.2. The Morgan fingerprint density at radius 1 is 1.00 bits per heavy atom. The second kappa shape index (κ2) is 14.9. The smallest absolute Gasteiger partial charge is 0.313 e. The molecule has 1 heterocycles. The summed E-state index contributed by atoms with van der Waals surface area (Å²) in [5.74, 6) is -0.101. The van der Waals surface area contributed by atoms with Crippen molar-refractivity contribution < 1.29 is 24.0 Å². The van der Waals surface area contributed by atoms with Crippen LogP contribution in [0.1, 0.15) is 56.4 Å². The highest BCUT2D eigenvalue weighted by Crippen LogP contribution is 2.18. The van der Waals surface area contributed by atoms with Crippen LogP contribution >= 0.6 is 0 Å². The van der Waals surface area contributed by atoms with E-state index >= 15 is 0 Å². The molecule has 2 amide bonds. The predicted octanol–water partition coefficient (Wildman–Crippen LogP) is 5.02. The molecule has 0 atom stereocenters. The Kier molecular flexibility index (Phi) is 15.7. The molecule has 1 aliphatic heterocycles. The summed E-state index contributed by atoms with van der Waals surface area (Å²) in [6.07, 6.45) is 3.52. The van der Waals surface area contributed by atoms with E-state index in [1.54, 1.807) is 13.8 Å². The lowest BCUT2D eigenvalue weighted by molar-refractivity contribution is -0.384. The van der Waals surface area contributed by atoms with Crippen LogP contribution < -0.4 is 4.74 Å². The van der Waals surface area contributed by atoms with Gasteiger partial charge in [-0.2, -0.15) is 0 Å². The van der Waals surface area contributed by atoms with Gasteiger partial charge in [0.15, 0.2) is 0 Å². The summed E-state index contributed by atoms with van der Waals surface area (Å²) < 4.78 is 4.95. The van der Waals surface area contributed by atoms with Gasteiger partial charge in [-0.15, -0.1) is 0 Å². The van der Waals surface area contributed by atoms with E-state index in [1.807, 2.05) is 0 Å². The third-order valence-corrected chi connectivity index (χ3v) is 3.57. The number of nitrogens with zero attached hydrogens (tertiary/aromatic N) is 2. The molecule has 0 unspecified atom stereocenters. The van der Waals surface area contributed by atoms with E-state index in [2.05, 4.69) is 13.8 Å². The Labute approximate surface area is 180 Å². The minimum absolute atomic E-state index is 0. The van der Waals surface area contributed by atoms with Gasteiger partial charge in [-0.05, 0) is 24.5 Å². The molecule has 1 aliphatic rings. The standard InChI is InChI=1S/C10H11NO4.C9H13NO2.3CH4/c1-7(2)10(12)15-9-5-3-8(4-6-9)11(13)14;1-7(2)5-6-10-8(11)3-4-9(10)12;;;/h3-7H,1-2H3;3-4,7H,5-6H2,1-2H3;3*1H4. The van der Waals surface area contributed by atoms with Gasteiger partial charge in [-0.3, -0.25) is 29.4 Å². The second-order valence-corrected chi connectivity index (χ2v) is 6.67. The van der Waals surface area contributed by atoms with Crippen molar-refractivity contribution in [1.82, 2.24) is 4.90 Å². The van der Waals surface area contributed by atoms with Crippen LogP contribution in [0.15, 0.2) is 36.4 Å². The predicted molar refractivity (Wildman–Crippen MR) is 119 cm³/mol. The maximum Gasteiger partial charge on any atom is 0.313 e. The van der Waals surface area contributed by atoms with Crippen LogP contribution in [0.2, 0.25) is 0 Å². The molecule has 0 aromatic heterocycles. The van der Waals surface area contributed by atoms with E-state index in [0.717, 1.165) is 6.42 Å². The molecule has 0 saturated carbocycles. The molecule has 8 heteroatoms. The summed E-state index contributed by atoms with van der Waals surface area (Å²) in [4.78, 5) is 44.3. The highest BCUT2D eigenvalue weighted by molar-refractivity contribution is 6.12. The molecule has 0 fully saturated rings. The van der Waals surface area contributed by atoms with Crippen LogP contribution in [0.3, 0.4) is 0 Å². The van der Waals surface area contributed by atoms with Crippen molar-refractivity contribution in [3.8, 4) is 5.75 Å². The molecular weight excluding hydrogens is 388 g/mol. The quantitative estimate of drug-likeness (QED) is 0.209. The van der Waals surface area contributed by atoms with Gasteiger partial charge >= 0.3 is 5.97 Å². The molecule has 0 aliphatic carbocycles. The number of amides is 2. The lowest BCUT2D eigenvalue weighted by atomic mass is 10.1. The topological polar surface area (TPSA) is 107 Å². The number of carbonyl (C=O) groups excluding carboxylic acids is 3. The Bertz CT molecular complexity index is 706. The minimum atomic E-state index is -0.506. The number of ether oxygens (including phenoxy) is 1. The molecule has 0 radical (unpaired) electrons. The first kappa shape index (κ1) is 31.7.